The smallest absolute Gasteiger partial charge is 0.335 e. The molecule has 2 heterocycles. The van der Waals surface area contributed by atoms with Gasteiger partial charge in [-0.3, -0.25) is 4.98 Å². The fourth-order valence-corrected chi connectivity index (χ4v) is 4.08. The monoisotopic (exact) mass is 366 g/mol. The summed E-state index contributed by atoms with van der Waals surface area (Å²) in [6.45, 7) is 0. The van der Waals surface area contributed by atoms with Gasteiger partial charge >= 0.3 is 5.97 Å². The zero-order valence-electron chi connectivity index (χ0n) is 15.2. The van der Waals surface area contributed by atoms with Crippen LogP contribution in [0, 0.1) is 0 Å². The van der Waals surface area contributed by atoms with Crippen molar-refractivity contribution in [3.63, 3.8) is 0 Å². The lowest BCUT2D eigenvalue weighted by Crippen LogP contribution is -2.09. The summed E-state index contributed by atoms with van der Waals surface area (Å²) in [4.78, 5) is 15.8. The predicted molar refractivity (Wildman–Crippen MR) is 109 cm³/mol. The molecule has 0 unspecified atom stereocenters. The third-order valence-electron chi connectivity index (χ3n) is 5.35. The fourth-order valence-electron chi connectivity index (χ4n) is 4.08. The first kappa shape index (κ1) is 16.5. The van der Waals surface area contributed by atoms with E-state index in [1.54, 1.807) is 24.4 Å². The number of carboxylic acids is 1. The van der Waals surface area contributed by atoms with Crippen molar-refractivity contribution < 1.29 is 9.90 Å². The van der Waals surface area contributed by atoms with E-state index < -0.39 is 5.97 Å². The van der Waals surface area contributed by atoms with E-state index in [0.29, 0.717) is 0 Å². The predicted octanol–water partition coefficient (Wildman–Crippen LogP) is 5.00. The van der Waals surface area contributed by atoms with Crippen LogP contribution in [0.15, 0.2) is 79.1 Å². The maximum atomic E-state index is 11.5. The highest BCUT2D eigenvalue weighted by Crippen LogP contribution is 2.40. The zero-order valence-corrected chi connectivity index (χ0v) is 15.2. The van der Waals surface area contributed by atoms with Gasteiger partial charge in [-0.15, -0.1) is 0 Å². The minimum Gasteiger partial charge on any atom is -0.478 e. The zero-order chi connectivity index (χ0) is 19.1. The van der Waals surface area contributed by atoms with Crippen LogP contribution in [0.5, 0.6) is 0 Å². The second kappa shape index (κ2) is 6.50. The molecule has 2 aromatic carbocycles. The van der Waals surface area contributed by atoms with Gasteiger partial charge in [0, 0.05) is 34.9 Å². The number of hydrogen-bond acceptors (Lipinski definition) is 2. The molecule has 136 valence electrons. The molecule has 0 aliphatic heterocycles. The Hall–Kier alpha value is -3.66. The highest BCUT2D eigenvalue weighted by molar-refractivity contribution is 5.88. The molecular weight excluding hydrogens is 348 g/mol. The van der Waals surface area contributed by atoms with Gasteiger partial charge in [-0.25, -0.2) is 4.79 Å². The molecule has 5 rings (SSSR count). The summed E-state index contributed by atoms with van der Waals surface area (Å²) in [5.74, 6) is -0.920. The summed E-state index contributed by atoms with van der Waals surface area (Å²) < 4.78 is 2.19. The molecule has 0 bridgehead atoms. The fraction of sp³-hybridized carbons (Fsp3) is 0.0833. The standard InChI is InChI=1S/C24H18N2O2/c27-24(28)17-6-3-8-19(13-17)26-22-11-10-16-5-1-2-9-20(16)21(22)14-23(26)18-7-4-12-25-15-18/h1-9,12-15H,10-11H2,(H,27,28). The van der Waals surface area contributed by atoms with Gasteiger partial charge in [0.1, 0.15) is 0 Å². The van der Waals surface area contributed by atoms with Crippen molar-refractivity contribution in [3.05, 3.63) is 95.9 Å². The van der Waals surface area contributed by atoms with Crippen LogP contribution in [0.4, 0.5) is 0 Å². The molecule has 1 aliphatic rings. The number of nitrogens with zero attached hydrogens (tertiary/aromatic N) is 2. The Kier molecular flexibility index (Phi) is 3.83. The molecule has 4 nitrogen and oxygen atoms in total. The molecule has 0 amide bonds. The molecule has 0 saturated heterocycles. The maximum absolute atomic E-state index is 11.5. The quantitative estimate of drug-likeness (QED) is 0.555. The van der Waals surface area contributed by atoms with Crippen molar-refractivity contribution in [2.24, 2.45) is 0 Å². The van der Waals surface area contributed by atoms with Gasteiger partial charge in [-0.05, 0) is 60.4 Å². The van der Waals surface area contributed by atoms with E-state index >= 15 is 0 Å². The van der Waals surface area contributed by atoms with Gasteiger partial charge in [0.15, 0.2) is 0 Å². The summed E-state index contributed by atoms with van der Waals surface area (Å²) >= 11 is 0. The van der Waals surface area contributed by atoms with Crippen molar-refractivity contribution in [1.82, 2.24) is 9.55 Å². The Bertz CT molecular complexity index is 1190. The average molecular weight is 366 g/mol. The van der Waals surface area contributed by atoms with Crippen molar-refractivity contribution in [2.75, 3.05) is 0 Å². The number of aromatic nitrogens is 2. The number of benzene rings is 2. The van der Waals surface area contributed by atoms with Crippen molar-refractivity contribution in [3.8, 4) is 28.1 Å². The SMILES string of the molecule is O=C(O)c1cccc(-n2c(-c3cccnc3)cc3c2CCc2ccccc2-3)c1. The van der Waals surface area contributed by atoms with Crippen LogP contribution in [-0.2, 0) is 12.8 Å². The second-order valence-electron chi connectivity index (χ2n) is 6.98. The number of aromatic carboxylic acids is 1. The Labute approximate surface area is 162 Å². The second-order valence-corrected chi connectivity index (χ2v) is 6.98. The first-order valence-corrected chi connectivity index (χ1v) is 9.29. The summed E-state index contributed by atoms with van der Waals surface area (Å²) in [6, 6.07) is 21.8. The van der Waals surface area contributed by atoms with Gasteiger partial charge in [0.2, 0.25) is 0 Å². The van der Waals surface area contributed by atoms with E-state index in [0.717, 1.165) is 29.8 Å². The molecule has 2 aromatic heterocycles. The molecule has 0 spiro atoms. The topological polar surface area (TPSA) is 55.1 Å². The van der Waals surface area contributed by atoms with Crippen LogP contribution < -0.4 is 0 Å². The normalized spacial score (nSPS) is 12.3. The first-order chi connectivity index (χ1) is 13.7. The summed E-state index contributed by atoms with van der Waals surface area (Å²) in [6.07, 6.45) is 5.49. The van der Waals surface area contributed by atoms with Crippen molar-refractivity contribution >= 4 is 5.97 Å². The number of fused-ring (bicyclic) bond motifs is 3. The van der Waals surface area contributed by atoms with Crippen molar-refractivity contribution in [1.29, 1.82) is 0 Å². The van der Waals surface area contributed by atoms with E-state index in [-0.39, 0.29) is 5.56 Å². The van der Waals surface area contributed by atoms with E-state index in [1.165, 1.54) is 22.4 Å². The first-order valence-electron chi connectivity index (χ1n) is 9.29. The Balaban J connectivity index is 1.80. The molecule has 0 saturated carbocycles. The molecule has 4 aromatic rings. The van der Waals surface area contributed by atoms with E-state index in [4.69, 9.17) is 0 Å². The Morgan fingerprint density at radius 3 is 2.64 bits per heavy atom. The summed E-state index contributed by atoms with van der Waals surface area (Å²) in [5.41, 5.74) is 8.20. The lowest BCUT2D eigenvalue weighted by atomic mass is 9.90. The molecule has 0 fully saturated rings. The van der Waals surface area contributed by atoms with Gasteiger partial charge in [-0.2, -0.15) is 0 Å². The van der Waals surface area contributed by atoms with Crippen LogP contribution in [-0.4, -0.2) is 20.6 Å². The summed E-state index contributed by atoms with van der Waals surface area (Å²) in [7, 11) is 0. The van der Waals surface area contributed by atoms with Crippen LogP contribution >= 0.6 is 0 Å². The molecule has 0 radical (unpaired) electrons. The largest absolute Gasteiger partial charge is 0.478 e. The molecule has 1 aliphatic carbocycles. The van der Waals surface area contributed by atoms with E-state index in [1.807, 2.05) is 24.4 Å². The number of carbonyl (C=O) groups is 1. The minimum absolute atomic E-state index is 0.285. The van der Waals surface area contributed by atoms with E-state index in [2.05, 4.69) is 39.9 Å². The molecule has 4 heteroatoms. The number of hydrogen-bond donors (Lipinski definition) is 1. The van der Waals surface area contributed by atoms with Gasteiger partial charge in [-0.1, -0.05) is 30.3 Å². The Morgan fingerprint density at radius 1 is 0.929 bits per heavy atom. The van der Waals surface area contributed by atoms with Crippen LogP contribution in [0.1, 0.15) is 21.6 Å². The Morgan fingerprint density at radius 2 is 1.82 bits per heavy atom. The van der Waals surface area contributed by atoms with Gasteiger partial charge in [0.25, 0.3) is 0 Å². The molecule has 0 atom stereocenters. The molecule has 1 N–H and O–H groups in total. The number of rotatable bonds is 3. The lowest BCUT2D eigenvalue weighted by molar-refractivity contribution is 0.0697. The molecular formula is C24H18N2O2. The third-order valence-corrected chi connectivity index (χ3v) is 5.35. The maximum Gasteiger partial charge on any atom is 0.335 e. The van der Waals surface area contributed by atoms with Crippen LogP contribution in [0.2, 0.25) is 0 Å². The highest BCUT2D eigenvalue weighted by Gasteiger charge is 2.24. The van der Waals surface area contributed by atoms with Gasteiger partial charge in [0.05, 0.1) is 11.3 Å². The van der Waals surface area contributed by atoms with Crippen molar-refractivity contribution in [2.45, 2.75) is 12.8 Å². The number of pyridine rings is 1. The van der Waals surface area contributed by atoms with Crippen LogP contribution in [0.25, 0.3) is 28.1 Å². The number of carboxylic acid groups (broad SMARTS) is 1. The van der Waals surface area contributed by atoms with E-state index in [9.17, 15) is 9.90 Å². The lowest BCUT2D eigenvalue weighted by Gasteiger charge is -2.20. The summed E-state index contributed by atoms with van der Waals surface area (Å²) in [5, 5.41) is 9.44. The average Bonchev–Trinajstić information content (AvgIpc) is 3.14. The third kappa shape index (κ3) is 2.62. The molecule has 28 heavy (non-hydrogen) atoms. The van der Waals surface area contributed by atoms with Crippen LogP contribution in [0.3, 0.4) is 0 Å². The highest BCUT2D eigenvalue weighted by atomic mass is 16.4. The van der Waals surface area contributed by atoms with Gasteiger partial charge < -0.3 is 9.67 Å². The minimum atomic E-state index is -0.920. The number of aryl methyl sites for hydroxylation is 1.